The molecule has 1 unspecified atom stereocenters. The number of hydrogen-bond acceptors (Lipinski definition) is 3. The maximum Gasteiger partial charge on any atom is 0.303 e. The summed E-state index contributed by atoms with van der Waals surface area (Å²) in [7, 11) is 0. The van der Waals surface area contributed by atoms with Gasteiger partial charge in [-0.3, -0.25) is 4.79 Å². The molecule has 4 nitrogen and oxygen atoms in total. The fourth-order valence-electron chi connectivity index (χ4n) is 4.08. The highest BCUT2D eigenvalue weighted by atomic mass is 16.5. The van der Waals surface area contributed by atoms with Crippen molar-refractivity contribution in [1.29, 1.82) is 0 Å². The van der Waals surface area contributed by atoms with E-state index in [2.05, 4.69) is 4.90 Å². The van der Waals surface area contributed by atoms with Crippen LogP contribution in [0, 0.1) is 5.92 Å². The summed E-state index contributed by atoms with van der Waals surface area (Å²) < 4.78 is 6.35. The summed E-state index contributed by atoms with van der Waals surface area (Å²) in [6.45, 7) is 2.90. The summed E-state index contributed by atoms with van der Waals surface area (Å²) in [5.41, 5.74) is 0.217. The highest BCUT2D eigenvalue weighted by Crippen LogP contribution is 2.42. The average Bonchev–Trinajstić information content (AvgIpc) is 2.70. The van der Waals surface area contributed by atoms with Crippen molar-refractivity contribution in [2.24, 2.45) is 5.92 Å². The highest BCUT2D eigenvalue weighted by Gasteiger charge is 2.42. The van der Waals surface area contributed by atoms with Crippen LogP contribution in [-0.2, 0) is 9.53 Å². The molecule has 0 aromatic rings. The van der Waals surface area contributed by atoms with E-state index in [-0.39, 0.29) is 5.60 Å². The number of nitrogens with zero attached hydrogens (tertiary/aromatic N) is 1. The Labute approximate surface area is 115 Å². The number of hydrogen-bond donors (Lipinski definition) is 1. The van der Waals surface area contributed by atoms with Gasteiger partial charge in [0.25, 0.3) is 0 Å². The van der Waals surface area contributed by atoms with Crippen molar-refractivity contribution >= 4 is 5.97 Å². The Balaban J connectivity index is 1.40. The Bertz CT molecular complexity index is 332. The van der Waals surface area contributed by atoms with Crippen molar-refractivity contribution in [2.45, 2.75) is 63.1 Å². The van der Waals surface area contributed by atoms with Crippen LogP contribution in [0.5, 0.6) is 0 Å². The molecule has 3 fully saturated rings. The van der Waals surface area contributed by atoms with Gasteiger partial charge in [0.2, 0.25) is 0 Å². The second-order valence-corrected chi connectivity index (χ2v) is 6.70. The number of ether oxygens (including phenoxy) is 1. The summed E-state index contributed by atoms with van der Waals surface area (Å²) in [6, 6.07) is 0. The lowest BCUT2D eigenvalue weighted by molar-refractivity contribution is -0.139. The van der Waals surface area contributed by atoms with Gasteiger partial charge in [-0.2, -0.15) is 0 Å². The summed E-state index contributed by atoms with van der Waals surface area (Å²) in [5.74, 6) is -0.300. The second-order valence-electron chi connectivity index (χ2n) is 6.70. The van der Waals surface area contributed by atoms with Gasteiger partial charge in [-0.25, -0.2) is 0 Å². The third-order valence-electron chi connectivity index (χ3n) is 5.06. The minimum atomic E-state index is -0.664. The Kier molecular flexibility index (Phi) is 3.81. The largest absolute Gasteiger partial charge is 0.481 e. The molecule has 1 atom stereocenters. The monoisotopic (exact) mass is 267 g/mol. The fraction of sp³-hybridized carbons (Fsp3) is 0.933. The molecule has 2 aliphatic heterocycles. The van der Waals surface area contributed by atoms with Crippen molar-refractivity contribution in [3.05, 3.63) is 0 Å². The van der Waals surface area contributed by atoms with E-state index in [9.17, 15) is 4.79 Å². The molecule has 1 spiro atoms. The summed E-state index contributed by atoms with van der Waals surface area (Å²) in [6.07, 6.45) is 9.70. The third kappa shape index (κ3) is 3.11. The molecule has 1 N–H and O–H groups in total. The Morgan fingerprint density at radius 1 is 1.21 bits per heavy atom. The van der Waals surface area contributed by atoms with Crippen LogP contribution in [0.15, 0.2) is 0 Å². The lowest BCUT2D eigenvalue weighted by atomic mass is 9.83. The summed E-state index contributed by atoms with van der Waals surface area (Å²) in [4.78, 5) is 13.0. The predicted octanol–water partition coefficient (Wildman–Crippen LogP) is 2.27. The number of aliphatic carboxylic acids is 1. The van der Waals surface area contributed by atoms with Gasteiger partial charge in [-0.05, 0) is 31.6 Å². The molecule has 3 aliphatic rings. The number of rotatable bonds is 4. The smallest absolute Gasteiger partial charge is 0.303 e. The molecule has 108 valence electrons. The fourth-order valence-corrected chi connectivity index (χ4v) is 4.08. The van der Waals surface area contributed by atoms with Crippen LogP contribution in [0.1, 0.15) is 51.4 Å². The topological polar surface area (TPSA) is 49.8 Å². The van der Waals surface area contributed by atoms with E-state index in [4.69, 9.17) is 9.84 Å². The number of carboxylic acids is 1. The van der Waals surface area contributed by atoms with Crippen LogP contribution in [-0.4, -0.2) is 47.3 Å². The van der Waals surface area contributed by atoms with Crippen LogP contribution in [0.2, 0.25) is 0 Å². The summed E-state index contributed by atoms with van der Waals surface area (Å²) >= 11 is 0. The minimum absolute atomic E-state index is 0.217. The van der Waals surface area contributed by atoms with E-state index in [0.717, 1.165) is 19.6 Å². The SMILES string of the molecule is O=C(O)CC1CN(CC2CCC3(CCCCC3)O2)C1. The molecule has 0 bridgehead atoms. The van der Waals surface area contributed by atoms with Crippen molar-refractivity contribution in [3.8, 4) is 0 Å². The first-order chi connectivity index (χ1) is 9.15. The highest BCUT2D eigenvalue weighted by molar-refractivity contribution is 5.67. The molecule has 0 aromatic heterocycles. The predicted molar refractivity (Wildman–Crippen MR) is 72.1 cm³/mol. The molecule has 0 amide bonds. The molecular weight excluding hydrogens is 242 g/mol. The first kappa shape index (κ1) is 13.4. The van der Waals surface area contributed by atoms with Crippen LogP contribution in [0.4, 0.5) is 0 Å². The van der Waals surface area contributed by atoms with Crippen molar-refractivity contribution in [1.82, 2.24) is 4.90 Å². The first-order valence-corrected chi connectivity index (χ1v) is 7.77. The molecule has 4 heteroatoms. The Morgan fingerprint density at radius 2 is 1.95 bits per heavy atom. The van der Waals surface area contributed by atoms with Gasteiger partial charge in [-0.1, -0.05) is 19.3 Å². The Morgan fingerprint density at radius 3 is 2.63 bits per heavy atom. The van der Waals surface area contributed by atoms with Gasteiger partial charge < -0.3 is 14.7 Å². The lowest BCUT2D eigenvalue weighted by Gasteiger charge is -2.40. The van der Waals surface area contributed by atoms with E-state index in [0.29, 0.717) is 18.4 Å². The van der Waals surface area contributed by atoms with E-state index in [1.165, 1.54) is 44.9 Å². The number of carbonyl (C=O) groups is 1. The van der Waals surface area contributed by atoms with E-state index in [1.807, 2.05) is 0 Å². The van der Waals surface area contributed by atoms with Gasteiger partial charge in [0, 0.05) is 19.6 Å². The van der Waals surface area contributed by atoms with Crippen molar-refractivity contribution in [2.75, 3.05) is 19.6 Å². The molecule has 1 aliphatic carbocycles. The van der Waals surface area contributed by atoms with Gasteiger partial charge in [0.05, 0.1) is 18.1 Å². The van der Waals surface area contributed by atoms with Crippen LogP contribution >= 0.6 is 0 Å². The maximum atomic E-state index is 10.6. The molecule has 0 radical (unpaired) electrons. The van der Waals surface area contributed by atoms with Gasteiger partial charge in [0.15, 0.2) is 0 Å². The van der Waals surface area contributed by atoms with Crippen molar-refractivity contribution in [3.63, 3.8) is 0 Å². The molecule has 2 heterocycles. The van der Waals surface area contributed by atoms with E-state index in [1.54, 1.807) is 0 Å². The molecule has 2 saturated heterocycles. The average molecular weight is 267 g/mol. The molecule has 0 aromatic carbocycles. The molecular formula is C15H25NO3. The summed E-state index contributed by atoms with van der Waals surface area (Å²) in [5, 5.41) is 8.74. The third-order valence-corrected chi connectivity index (χ3v) is 5.06. The lowest BCUT2D eigenvalue weighted by Crippen LogP contribution is -2.50. The Hall–Kier alpha value is -0.610. The molecule has 3 rings (SSSR count). The van der Waals surface area contributed by atoms with Gasteiger partial charge in [0.1, 0.15) is 0 Å². The van der Waals surface area contributed by atoms with E-state index >= 15 is 0 Å². The quantitative estimate of drug-likeness (QED) is 0.849. The zero-order chi connectivity index (χ0) is 13.3. The van der Waals surface area contributed by atoms with Gasteiger partial charge in [-0.15, -0.1) is 0 Å². The van der Waals surface area contributed by atoms with Gasteiger partial charge >= 0.3 is 5.97 Å². The molecule has 1 saturated carbocycles. The van der Waals surface area contributed by atoms with Crippen LogP contribution < -0.4 is 0 Å². The first-order valence-electron chi connectivity index (χ1n) is 7.77. The van der Waals surface area contributed by atoms with Crippen LogP contribution in [0.25, 0.3) is 0 Å². The maximum absolute atomic E-state index is 10.6. The normalized spacial score (nSPS) is 31.5. The van der Waals surface area contributed by atoms with Crippen molar-refractivity contribution < 1.29 is 14.6 Å². The zero-order valence-electron chi connectivity index (χ0n) is 11.6. The molecule has 19 heavy (non-hydrogen) atoms. The standard InChI is InChI=1S/C15H25NO3/c17-14(18)8-12-9-16(10-12)11-13-4-7-15(19-13)5-2-1-3-6-15/h12-13H,1-11H2,(H,17,18). The number of carboxylic acid groups (broad SMARTS) is 1. The van der Waals surface area contributed by atoms with Crippen LogP contribution in [0.3, 0.4) is 0 Å². The second kappa shape index (κ2) is 5.41. The minimum Gasteiger partial charge on any atom is -0.481 e. The van der Waals surface area contributed by atoms with E-state index < -0.39 is 5.97 Å². The zero-order valence-corrected chi connectivity index (χ0v) is 11.6. The number of likely N-dealkylation sites (tertiary alicyclic amines) is 1.